The summed E-state index contributed by atoms with van der Waals surface area (Å²) in [4.78, 5) is 18.6. The molecule has 1 atom stereocenters. The molecule has 0 N–H and O–H groups in total. The molecule has 2 saturated heterocycles. The van der Waals surface area contributed by atoms with E-state index in [0.29, 0.717) is 13.0 Å². The molecule has 2 aliphatic rings. The van der Waals surface area contributed by atoms with E-state index in [0.717, 1.165) is 39.3 Å². The van der Waals surface area contributed by atoms with Gasteiger partial charge in [-0.2, -0.15) is 0 Å². The summed E-state index contributed by atoms with van der Waals surface area (Å²) < 4.78 is 5.44. The molecular weight excluding hydrogens is 218 g/mol. The molecule has 2 heterocycles. The average Bonchev–Trinajstić information content (AvgIpc) is 2.33. The number of amides is 1. The van der Waals surface area contributed by atoms with Gasteiger partial charge in [-0.15, -0.1) is 0 Å². The lowest BCUT2D eigenvalue weighted by molar-refractivity contribution is -0.135. The second kappa shape index (κ2) is 5.80. The molecule has 2 aliphatic heterocycles. The van der Waals surface area contributed by atoms with Gasteiger partial charge in [-0.1, -0.05) is 0 Å². The summed E-state index contributed by atoms with van der Waals surface area (Å²) in [6.45, 7) is 6.12. The Morgan fingerprint density at radius 3 is 2.53 bits per heavy atom. The minimum absolute atomic E-state index is 0.260. The second-order valence-corrected chi connectivity index (χ2v) is 5.10. The van der Waals surface area contributed by atoms with Gasteiger partial charge in [0.2, 0.25) is 5.91 Å². The van der Waals surface area contributed by atoms with Gasteiger partial charge in [0.15, 0.2) is 0 Å². The SMILES string of the molecule is CN1CCN(C(=O)CC2COCCN2C)CC1. The van der Waals surface area contributed by atoms with Gasteiger partial charge in [0.25, 0.3) is 0 Å². The fourth-order valence-electron chi connectivity index (χ4n) is 2.34. The molecule has 5 heteroatoms. The van der Waals surface area contributed by atoms with Gasteiger partial charge < -0.3 is 14.5 Å². The molecule has 2 rings (SSSR count). The van der Waals surface area contributed by atoms with Crippen LogP contribution in [-0.2, 0) is 9.53 Å². The summed E-state index contributed by atoms with van der Waals surface area (Å²) in [6.07, 6.45) is 0.597. The summed E-state index contributed by atoms with van der Waals surface area (Å²) in [5.41, 5.74) is 0. The molecule has 1 unspecified atom stereocenters. The first kappa shape index (κ1) is 12.8. The third kappa shape index (κ3) is 3.40. The zero-order chi connectivity index (χ0) is 12.3. The van der Waals surface area contributed by atoms with Crippen molar-refractivity contribution in [3.8, 4) is 0 Å². The number of hydrogen-bond acceptors (Lipinski definition) is 4. The molecule has 0 aromatic carbocycles. The van der Waals surface area contributed by atoms with Gasteiger partial charge in [0, 0.05) is 45.2 Å². The van der Waals surface area contributed by atoms with Gasteiger partial charge in [-0.25, -0.2) is 0 Å². The van der Waals surface area contributed by atoms with E-state index in [1.54, 1.807) is 0 Å². The minimum atomic E-state index is 0.260. The van der Waals surface area contributed by atoms with Gasteiger partial charge in [-0.3, -0.25) is 9.69 Å². The summed E-state index contributed by atoms with van der Waals surface area (Å²) in [5.74, 6) is 0.278. The highest BCUT2D eigenvalue weighted by molar-refractivity contribution is 5.77. The van der Waals surface area contributed by atoms with Crippen LogP contribution in [-0.4, -0.2) is 86.7 Å². The highest BCUT2D eigenvalue weighted by Gasteiger charge is 2.26. The van der Waals surface area contributed by atoms with Crippen LogP contribution in [0.3, 0.4) is 0 Å². The maximum Gasteiger partial charge on any atom is 0.224 e. The number of rotatable bonds is 2. The van der Waals surface area contributed by atoms with Crippen molar-refractivity contribution in [3.63, 3.8) is 0 Å². The van der Waals surface area contributed by atoms with Crippen LogP contribution in [0.15, 0.2) is 0 Å². The highest BCUT2D eigenvalue weighted by Crippen LogP contribution is 2.11. The van der Waals surface area contributed by atoms with Crippen molar-refractivity contribution in [1.82, 2.24) is 14.7 Å². The molecule has 0 aliphatic carbocycles. The Hall–Kier alpha value is -0.650. The maximum atomic E-state index is 12.1. The van der Waals surface area contributed by atoms with E-state index in [9.17, 15) is 4.79 Å². The first-order chi connectivity index (χ1) is 8.16. The van der Waals surface area contributed by atoms with Crippen LogP contribution >= 0.6 is 0 Å². The molecule has 17 heavy (non-hydrogen) atoms. The Labute approximate surface area is 103 Å². The van der Waals surface area contributed by atoms with Gasteiger partial charge in [0.1, 0.15) is 0 Å². The number of ether oxygens (including phenoxy) is 1. The molecule has 5 nitrogen and oxygen atoms in total. The molecular formula is C12H23N3O2. The lowest BCUT2D eigenvalue weighted by atomic mass is 10.1. The van der Waals surface area contributed by atoms with Crippen molar-refractivity contribution in [1.29, 1.82) is 0 Å². The third-order valence-corrected chi connectivity index (χ3v) is 3.79. The van der Waals surface area contributed by atoms with Gasteiger partial charge >= 0.3 is 0 Å². The fraction of sp³-hybridized carbons (Fsp3) is 0.917. The number of morpholine rings is 1. The number of nitrogens with zero attached hydrogens (tertiary/aromatic N) is 3. The monoisotopic (exact) mass is 241 g/mol. The van der Waals surface area contributed by atoms with Crippen LogP contribution in [0.1, 0.15) is 6.42 Å². The molecule has 1 amide bonds. The maximum absolute atomic E-state index is 12.1. The number of piperazine rings is 1. The average molecular weight is 241 g/mol. The lowest BCUT2D eigenvalue weighted by Crippen LogP contribution is -2.50. The predicted octanol–water partition coefficient (Wildman–Crippen LogP) is -0.519. The van der Waals surface area contributed by atoms with Crippen LogP contribution in [0.2, 0.25) is 0 Å². The van der Waals surface area contributed by atoms with E-state index in [-0.39, 0.29) is 11.9 Å². The topological polar surface area (TPSA) is 36.0 Å². The fourth-order valence-corrected chi connectivity index (χ4v) is 2.34. The van der Waals surface area contributed by atoms with Crippen molar-refractivity contribution >= 4 is 5.91 Å². The smallest absolute Gasteiger partial charge is 0.224 e. The zero-order valence-corrected chi connectivity index (χ0v) is 10.9. The number of carbonyl (C=O) groups excluding carboxylic acids is 1. The normalized spacial score (nSPS) is 28.4. The Balaban J connectivity index is 1.79. The zero-order valence-electron chi connectivity index (χ0n) is 10.9. The number of carbonyl (C=O) groups is 1. The Kier molecular flexibility index (Phi) is 4.36. The van der Waals surface area contributed by atoms with E-state index < -0.39 is 0 Å². The van der Waals surface area contributed by atoms with Crippen LogP contribution in [0.4, 0.5) is 0 Å². The standard InChI is InChI=1S/C12H23N3O2/c1-13-3-5-15(6-4-13)12(16)9-11-10-17-8-7-14(11)2/h11H,3-10H2,1-2H3. The highest BCUT2D eigenvalue weighted by atomic mass is 16.5. The van der Waals surface area contributed by atoms with Crippen molar-refractivity contribution in [2.24, 2.45) is 0 Å². The molecule has 0 aromatic rings. The Morgan fingerprint density at radius 2 is 1.88 bits per heavy atom. The van der Waals surface area contributed by atoms with Crippen molar-refractivity contribution in [2.45, 2.75) is 12.5 Å². The molecule has 2 fully saturated rings. The van der Waals surface area contributed by atoms with Gasteiger partial charge in [0.05, 0.1) is 13.2 Å². The van der Waals surface area contributed by atoms with E-state index in [1.807, 2.05) is 4.90 Å². The molecule has 98 valence electrons. The van der Waals surface area contributed by atoms with Crippen molar-refractivity contribution < 1.29 is 9.53 Å². The Morgan fingerprint density at radius 1 is 1.18 bits per heavy atom. The molecule has 0 saturated carbocycles. The third-order valence-electron chi connectivity index (χ3n) is 3.79. The van der Waals surface area contributed by atoms with E-state index in [1.165, 1.54) is 0 Å². The van der Waals surface area contributed by atoms with E-state index >= 15 is 0 Å². The van der Waals surface area contributed by atoms with Crippen LogP contribution in [0, 0.1) is 0 Å². The summed E-state index contributed by atoms with van der Waals surface area (Å²) >= 11 is 0. The first-order valence-electron chi connectivity index (χ1n) is 6.41. The summed E-state index contributed by atoms with van der Waals surface area (Å²) in [6, 6.07) is 0.260. The van der Waals surface area contributed by atoms with Crippen LogP contribution in [0.25, 0.3) is 0 Å². The summed E-state index contributed by atoms with van der Waals surface area (Å²) in [7, 11) is 4.18. The minimum Gasteiger partial charge on any atom is -0.378 e. The number of likely N-dealkylation sites (N-methyl/N-ethyl adjacent to an activating group) is 2. The van der Waals surface area contributed by atoms with E-state index in [4.69, 9.17) is 4.74 Å². The largest absolute Gasteiger partial charge is 0.378 e. The molecule has 0 aromatic heterocycles. The van der Waals surface area contributed by atoms with Crippen LogP contribution < -0.4 is 0 Å². The predicted molar refractivity (Wildman–Crippen MR) is 65.9 cm³/mol. The first-order valence-corrected chi connectivity index (χ1v) is 6.41. The van der Waals surface area contributed by atoms with Gasteiger partial charge in [-0.05, 0) is 14.1 Å². The summed E-state index contributed by atoms with van der Waals surface area (Å²) in [5, 5.41) is 0. The number of hydrogen-bond donors (Lipinski definition) is 0. The lowest BCUT2D eigenvalue weighted by Gasteiger charge is -2.36. The Bertz CT molecular complexity index is 264. The van der Waals surface area contributed by atoms with Crippen molar-refractivity contribution in [2.75, 3.05) is 60.0 Å². The molecule has 0 radical (unpaired) electrons. The van der Waals surface area contributed by atoms with Crippen LogP contribution in [0.5, 0.6) is 0 Å². The quantitative estimate of drug-likeness (QED) is 0.652. The van der Waals surface area contributed by atoms with Crippen molar-refractivity contribution in [3.05, 3.63) is 0 Å². The molecule has 0 bridgehead atoms. The second-order valence-electron chi connectivity index (χ2n) is 5.10. The molecule has 0 spiro atoms. The van der Waals surface area contributed by atoms with E-state index in [2.05, 4.69) is 23.9 Å².